The van der Waals surface area contributed by atoms with Crippen molar-refractivity contribution in [3.63, 3.8) is 0 Å². The number of rotatable bonds is 4. The molecule has 0 radical (unpaired) electrons. The minimum Gasteiger partial charge on any atom is -0.371 e. The molecule has 34 heavy (non-hydrogen) atoms. The van der Waals surface area contributed by atoms with Crippen LogP contribution in [0.15, 0.2) is 52.2 Å². The summed E-state index contributed by atoms with van der Waals surface area (Å²) >= 11 is 6.42. The molecular weight excluding hydrogens is 465 g/mol. The van der Waals surface area contributed by atoms with Crippen molar-refractivity contribution in [3.05, 3.63) is 91.2 Å². The van der Waals surface area contributed by atoms with Gasteiger partial charge >= 0.3 is 5.69 Å². The van der Waals surface area contributed by atoms with Crippen LogP contribution in [0.25, 0.3) is 5.69 Å². The lowest BCUT2D eigenvalue weighted by molar-refractivity contribution is 0.0670. The van der Waals surface area contributed by atoms with Crippen molar-refractivity contribution in [2.24, 2.45) is 7.05 Å². The van der Waals surface area contributed by atoms with E-state index in [-0.39, 0.29) is 23.5 Å². The molecule has 1 unspecified atom stereocenters. The van der Waals surface area contributed by atoms with Gasteiger partial charge in [-0.2, -0.15) is 9.78 Å². The molecule has 2 aromatic carbocycles. The number of aromatic nitrogens is 6. The Morgan fingerprint density at radius 1 is 1.18 bits per heavy atom. The number of fused-ring (bicyclic) bond motifs is 1. The highest BCUT2D eigenvalue weighted by molar-refractivity contribution is 6.32. The number of benzene rings is 2. The average molecular weight is 484 g/mol. The Morgan fingerprint density at radius 3 is 2.71 bits per heavy atom. The third-order valence-electron chi connectivity index (χ3n) is 5.69. The molecule has 0 bridgehead atoms. The van der Waals surface area contributed by atoms with Crippen molar-refractivity contribution < 1.29 is 9.13 Å². The summed E-state index contributed by atoms with van der Waals surface area (Å²) in [5.74, 6) is 0.741. The number of nitrogens with zero attached hydrogens (tertiary/aromatic N) is 6. The Kier molecular flexibility index (Phi) is 5.50. The topological polar surface area (TPSA) is 109 Å². The third-order valence-corrected chi connectivity index (χ3v) is 5.99. The first-order valence-electron chi connectivity index (χ1n) is 10.3. The van der Waals surface area contributed by atoms with Gasteiger partial charge in [-0.1, -0.05) is 23.7 Å². The minimum absolute atomic E-state index is 0.262. The molecule has 1 aliphatic rings. The van der Waals surface area contributed by atoms with Gasteiger partial charge in [-0.3, -0.25) is 13.9 Å². The zero-order valence-corrected chi connectivity index (χ0v) is 19.0. The average Bonchev–Trinajstić information content (AvgIpc) is 3.23. The minimum atomic E-state index is -0.627. The van der Waals surface area contributed by atoms with E-state index >= 15 is 0 Å². The standard InChI is InChI=1S/C22H19ClFN7O3/c1-12-7-15(23)17(31-22(33)29(2)20(32)9-25-31)8-16(12)26-21-28-27-19-11-34-10-18(30(19)21)13-3-5-14(24)6-4-13/h3-9,18H,10-11H2,1-2H3,(H,26,28). The lowest BCUT2D eigenvalue weighted by Crippen LogP contribution is -2.38. The molecule has 0 aliphatic carbocycles. The van der Waals surface area contributed by atoms with Crippen LogP contribution in [0, 0.1) is 12.7 Å². The van der Waals surface area contributed by atoms with Crippen LogP contribution in [0.3, 0.4) is 0 Å². The van der Waals surface area contributed by atoms with E-state index in [1.807, 2.05) is 11.5 Å². The summed E-state index contributed by atoms with van der Waals surface area (Å²) < 4.78 is 23.0. The summed E-state index contributed by atoms with van der Waals surface area (Å²) in [4.78, 5) is 24.3. The van der Waals surface area contributed by atoms with Crippen molar-refractivity contribution in [3.8, 4) is 5.69 Å². The predicted octanol–water partition coefficient (Wildman–Crippen LogP) is 2.49. The van der Waals surface area contributed by atoms with Crippen LogP contribution in [0.5, 0.6) is 0 Å². The quantitative estimate of drug-likeness (QED) is 0.475. The summed E-state index contributed by atoms with van der Waals surface area (Å²) in [7, 11) is 1.37. The molecule has 1 N–H and O–H groups in total. The van der Waals surface area contributed by atoms with Crippen molar-refractivity contribution >= 4 is 23.2 Å². The van der Waals surface area contributed by atoms with E-state index in [4.69, 9.17) is 16.3 Å². The van der Waals surface area contributed by atoms with Crippen LogP contribution in [0.2, 0.25) is 5.02 Å². The Bertz CT molecular complexity index is 1510. The molecule has 0 saturated heterocycles. The molecule has 0 amide bonds. The van der Waals surface area contributed by atoms with Gasteiger partial charge in [-0.25, -0.2) is 9.18 Å². The largest absolute Gasteiger partial charge is 0.371 e. The Balaban J connectivity index is 1.57. The van der Waals surface area contributed by atoms with E-state index in [1.165, 1.54) is 19.2 Å². The van der Waals surface area contributed by atoms with Crippen LogP contribution in [0.4, 0.5) is 16.0 Å². The first-order valence-corrected chi connectivity index (χ1v) is 10.7. The van der Waals surface area contributed by atoms with Crippen molar-refractivity contribution in [1.82, 2.24) is 29.1 Å². The number of anilines is 2. The Labute approximate surface area is 197 Å². The molecule has 0 spiro atoms. The number of aryl methyl sites for hydroxylation is 1. The smallest absolute Gasteiger partial charge is 0.351 e. The monoisotopic (exact) mass is 483 g/mol. The van der Waals surface area contributed by atoms with Crippen molar-refractivity contribution in [2.45, 2.75) is 19.6 Å². The van der Waals surface area contributed by atoms with Crippen molar-refractivity contribution in [1.29, 1.82) is 0 Å². The lowest BCUT2D eigenvalue weighted by Gasteiger charge is -2.27. The van der Waals surface area contributed by atoms with Gasteiger partial charge in [0, 0.05) is 12.7 Å². The Morgan fingerprint density at radius 2 is 1.94 bits per heavy atom. The maximum atomic E-state index is 13.5. The highest BCUT2D eigenvalue weighted by Gasteiger charge is 2.27. The van der Waals surface area contributed by atoms with Gasteiger partial charge in [-0.05, 0) is 42.3 Å². The molecule has 0 fully saturated rings. The summed E-state index contributed by atoms with van der Waals surface area (Å²) in [6.45, 7) is 2.51. The maximum absolute atomic E-state index is 13.5. The second-order valence-electron chi connectivity index (χ2n) is 7.87. The summed E-state index contributed by atoms with van der Waals surface area (Å²) in [6.07, 6.45) is 1.05. The lowest BCUT2D eigenvalue weighted by atomic mass is 10.1. The first kappa shape index (κ1) is 22.0. The predicted molar refractivity (Wildman–Crippen MR) is 122 cm³/mol. The maximum Gasteiger partial charge on any atom is 0.351 e. The summed E-state index contributed by atoms with van der Waals surface area (Å²) in [5.41, 5.74) is 1.40. The fourth-order valence-electron chi connectivity index (χ4n) is 3.82. The molecule has 174 valence electrons. The van der Waals surface area contributed by atoms with E-state index in [9.17, 15) is 14.0 Å². The number of hydrogen-bond acceptors (Lipinski definition) is 7. The van der Waals surface area contributed by atoms with Gasteiger partial charge in [0.05, 0.1) is 23.4 Å². The zero-order valence-electron chi connectivity index (χ0n) is 18.2. The second kappa shape index (κ2) is 8.50. The van der Waals surface area contributed by atoms with E-state index in [0.29, 0.717) is 29.8 Å². The van der Waals surface area contributed by atoms with E-state index < -0.39 is 11.2 Å². The molecule has 10 nitrogen and oxygen atoms in total. The van der Waals surface area contributed by atoms with Crippen molar-refractivity contribution in [2.75, 3.05) is 11.9 Å². The fourth-order valence-corrected chi connectivity index (χ4v) is 4.12. The molecule has 5 rings (SSSR count). The molecular formula is C22H19ClFN7O3. The number of hydrogen-bond donors (Lipinski definition) is 1. The normalized spacial score (nSPS) is 15.2. The highest BCUT2D eigenvalue weighted by atomic mass is 35.5. The molecule has 2 aromatic heterocycles. The Hall–Kier alpha value is -3.83. The molecule has 4 aromatic rings. The van der Waals surface area contributed by atoms with Crippen LogP contribution in [0.1, 0.15) is 23.0 Å². The fraction of sp³-hybridized carbons (Fsp3) is 0.227. The molecule has 1 aliphatic heterocycles. The van der Waals surface area contributed by atoms with Gasteiger partial charge in [0.25, 0.3) is 5.56 Å². The summed E-state index contributed by atoms with van der Waals surface area (Å²) in [5, 5.41) is 16.0. The molecule has 0 saturated carbocycles. The van der Waals surface area contributed by atoms with Gasteiger partial charge in [0.15, 0.2) is 5.82 Å². The van der Waals surface area contributed by atoms with E-state index in [2.05, 4.69) is 20.6 Å². The first-order chi connectivity index (χ1) is 16.3. The second-order valence-corrected chi connectivity index (χ2v) is 8.28. The van der Waals surface area contributed by atoms with E-state index in [1.54, 1.807) is 24.3 Å². The van der Waals surface area contributed by atoms with Gasteiger partial charge < -0.3 is 10.1 Å². The van der Waals surface area contributed by atoms with E-state index in [0.717, 1.165) is 26.6 Å². The van der Waals surface area contributed by atoms with Gasteiger partial charge in [0.2, 0.25) is 5.95 Å². The zero-order chi connectivity index (χ0) is 24.0. The third kappa shape index (κ3) is 3.78. The number of nitrogens with one attached hydrogen (secondary N) is 1. The van der Waals surface area contributed by atoms with Gasteiger partial charge in [0.1, 0.15) is 18.6 Å². The van der Waals surface area contributed by atoms with Gasteiger partial charge in [-0.15, -0.1) is 10.2 Å². The van der Waals surface area contributed by atoms with Crippen LogP contribution >= 0.6 is 11.6 Å². The molecule has 1 atom stereocenters. The highest BCUT2D eigenvalue weighted by Crippen LogP contribution is 2.32. The van der Waals surface area contributed by atoms with Crippen LogP contribution < -0.4 is 16.6 Å². The van der Waals surface area contributed by atoms with Crippen LogP contribution in [-0.2, 0) is 18.4 Å². The molecule has 3 heterocycles. The van der Waals surface area contributed by atoms with Crippen LogP contribution in [-0.4, -0.2) is 35.7 Å². The number of halogens is 2. The SMILES string of the molecule is Cc1cc(Cl)c(-n2ncc(=O)n(C)c2=O)cc1Nc1nnc2n1C(c1ccc(F)cc1)COC2. The molecule has 12 heteroatoms. The number of ether oxygens (including phenoxy) is 1. The summed E-state index contributed by atoms with van der Waals surface area (Å²) in [6, 6.07) is 9.28.